The van der Waals surface area contributed by atoms with Crippen molar-refractivity contribution in [2.24, 2.45) is 5.92 Å². The van der Waals surface area contributed by atoms with Gasteiger partial charge < -0.3 is 9.64 Å². The van der Waals surface area contributed by atoms with Crippen LogP contribution in [0.25, 0.3) is 5.57 Å². The monoisotopic (exact) mass is 422 g/mol. The Hall–Kier alpha value is -3.15. The molecule has 0 spiro atoms. The van der Waals surface area contributed by atoms with Crippen LogP contribution in [0.5, 0.6) is 5.75 Å². The molecule has 0 aromatic heterocycles. The van der Waals surface area contributed by atoms with Gasteiger partial charge in [0.25, 0.3) is 11.8 Å². The number of carbonyl (C=O) groups excluding carboxylic acids is 2. The fourth-order valence-electron chi connectivity index (χ4n) is 4.17. The summed E-state index contributed by atoms with van der Waals surface area (Å²) in [5, 5.41) is 0. The van der Waals surface area contributed by atoms with Crippen molar-refractivity contribution in [1.82, 2.24) is 9.80 Å². The molecule has 0 atom stereocenters. The first-order valence-corrected chi connectivity index (χ1v) is 10.8. The normalized spacial score (nSPS) is 17.6. The molecule has 2 aliphatic heterocycles. The van der Waals surface area contributed by atoms with Crippen LogP contribution >= 0.6 is 0 Å². The summed E-state index contributed by atoms with van der Waals surface area (Å²) in [5.74, 6) is 0.136. The molecule has 0 bridgehead atoms. The number of likely N-dealkylation sites (tertiary alicyclic amines) is 1. The van der Waals surface area contributed by atoms with Crippen LogP contribution in [0.3, 0.4) is 0 Å². The van der Waals surface area contributed by atoms with E-state index in [1.54, 1.807) is 30.3 Å². The molecule has 2 aromatic carbocycles. The molecule has 5 nitrogen and oxygen atoms in total. The van der Waals surface area contributed by atoms with Crippen LogP contribution in [-0.2, 0) is 16.1 Å². The first kappa shape index (κ1) is 21.1. The molecular weight excluding hydrogens is 395 g/mol. The van der Waals surface area contributed by atoms with Gasteiger partial charge in [0.05, 0.1) is 18.7 Å². The minimum absolute atomic E-state index is 0.0847. The Kier molecular flexibility index (Phi) is 6.07. The molecule has 2 heterocycles. The first-order chi connectivity index (χ1) is 15.0. The van der Waals surface area contributed by atoms with E-state index in [1.807, 2.05) is 24.0 Å². The smallest absolute Gasteiger partial charge is 0.278 e. The number of amides is 2. The number of ether oxygens (including phenoxy) is 1. The molecule has 0 N–H and O–H groups in total. The molecule has 1 fully saturated rings. The number of carbonyl (C=O) groups is 2. The largest absolute Gasteiger partial charge is 0.494 e. The summed E-state index contributed by atoms with van der Waals surface area (Å²) in [6, 6.07) is 13.5. The second kappa shape index (κ2) is 8.92. The molecule has 4 rings (SSSR count). The Morgan fingerprint density at radius 1 is 1.00 bits per heavy atom. The Bertz CT molecular complexity index is 1010. The van der Waals surface area contributed by atoms with E-state index in [0.717, 1.165) is 30.8 Å². The van der Waals surface area contributed by atoms with Gasteiger partial charge >= 0.3 is 0 Å². The number of hydrogen-bond donors (Lipinski definition) is 0. The molecule has 2 amide bonds. The number of nitrogens with zero attached hydrogens (tertiary/aromatic N) is 2. The molecule has 0 radical (unpaired) electrons. The lowest BCUT2D eigenvalue weighted by Crippen LogP contribution is -2.38. The van der Waals surface area contributed by atoms with Crippen LogP contribution in [0, 0.1) is 11.7 Å². The predicted octanol–water partition coefficient (Wildman–Crippen LogP) is 4.24. The van der Waals surface area contributed by atoms with Crippen LogP contribution in [0.4, 0.5) is 4.39 Å². The molecule has 0 saturated carbocycles. The van der Waals surface area contributed by atoms with Crippen molar-refractivity contribution in [2.45, 2.75) is 33.2 Å². The summed E-state index contributed by atoms with van der Waals surface area (Å²) in [5.41, 5.74) is 1.81. The Morgan fingerprint density at radius 3 is 2.32 bits per heavy atom. The topological polar surface area (TPSA) is 49.9 Å². The van der Waals surface area contributed by atoms with Crippen LogP contribution in [0.15, 0.2) is 54.2 Å². The molecule has 162 valence electrons. The van der Waals surface area contributed by atoms with Crippen molar-refractivity contribution in [3.05, 3.63) is 71.2 Å². The molecular formula is C25H27FN2O3. The van der Waals surface area contributed by atoms with Gasteiger partial charge in [-0.1, -0.05) is 37.3 Å². The average molecular weight is 423 g/mol. The maximum atomic E-state index is 14.2. The first-order valence-electron chi connectivity index (χ1n) is 10.8. The number of hydrogen-bond acceptors (Lipinski definition) is 4. The highest BCUT2D eigenvalue weighted by Crippen LogP contribution is 2.35. The van der Waals surface area contributed by atoms with Crippen molar-refractivity contribution in [3.8, 4) is 5.75 Å². The van der Waals surface area contributed by atoms with Gasteiger partial charge in [0.2, 0.25) is 0 Å². The van der Waals surface area contributed by atoms with E-state index in [9.17, 15) is 14.0 Å². The minimum Gasteiger partial charge on any atom is -0.494 e. The lowest BCUT2D eigenvalue weighted by Gasteiger charge is -2.32. The Morgan fingerprint density at radius 2 is 1.68 bits per heavy atom. The maximum Gasteiger partial charge on any atom is 0.278 e. The average Bonchev–Trinajstić information content (AvgIpc) is 3.01. The fraction of sp³-hybridized carbons (Fsp3) is 0.360. The third-order valence-electron chi connectivity index (χ3n) is 5.98. The van der Waals surface area contributed by atoms with E-state index in [2.05, 4.69) is 6.92 Å². The highest BCUT2D eigenvalue weighted by Gasteiger charge is 2.42. The highest BCUT2D eigenvalue weighted by atomic mass is 19.1. The van der Waals surface area contributed by atoms with Crippen LogP contribution in [0.1, 0.15) is 37.8 Å². The predicted molar refractivity (Wildman–Crippen MR) is 116 cm³/mol. The minimum atomic E-state index is -0.425. The molecule has 2 aliphatic rings. The standard InChI is InChI=1S/C25H27FN2O3/c1-3-31-20-10-8-18(9-11-20)22-23(27-14-12-17(2)13-15-27)25(30)28(24(22)29)16-19-6-4-5-7-21(19)26/h4-11,17H,3,12-16H2,1-2H3. The van der Waals surface area contributed by atoms with Crippen LogP contribution in [-0.4, -0.2) is 41.3 Å². The van der Waals surface area contributed by atoms with Gasteiger partial charge in [0.15, 0.2) is 0 Å². The van der Waals surface area contributed by atoms with Crippen LogP contribution < -0.4 is 4.74 Å². The van der Waals surface area contributed by atoms with Gasteiger partial charge in [-0.25, -0.2) is 4.39 Å². The van der Waals surface area contributed by atoms with Crippen molar-refractivity contribution >= 4 is 17.4 Å². The van der Waals surface area contributed by atoms with Crippen molar-refractivity contribution in [2.75, 3.05) is 19.7 Å². The van der Waals surface area contributed by atoms with E-state index in [1.165, 1.54) is 6.07 Å². The van der Waals surface area contributed by atoms with Crippen molar-refractivity contribution < 1.29 is 18.7 Å². The lowest BCUT2D eigenvalue weighted by molar-refractivity contribution is -0.138. The zero-order valence-corrected chi connectivity index (χ0v) is 17.9. The molecule has 2 aromatic rings. The van der Waals surface area contributed by atoms with E-state index in [4.69, 9.17) is 4.74 Å². The number of halogens is 1. The fourth-order valence-corrected chi connectivity index (χ4v) is 4.17. The quantitative estimate of drug-likeness (QED) is 0.654. The number of benzene rings is 2. The zero-order valence-electron chi connectivity index (χ0n) is 17.9. The Labute approximate surface area is 182 Å². The molecule has 1 saturated heterocycles. The summed E-state index contributed by atoms with van der Waals surface area (Å²) in [7, 11) is 0. The van der Waals surface area contributed by atoms with Gasteiger partial charge in [0, 0.05) is 18.7 Å². The molecule has 6 heteroatoms. The second-order valence-corrected chi connectivity index (χ2v) is 8.14. The third-order valence-corrected chi connectivity index (χ3v) is 5.98. The second-order valence-electron chi connectivity index (χ2n) is 8.14. The van der Waals surface area contributed by atoms with Gasteiger partial charge in [0.1, 0.15) is 17.3 Å². The summed E-state index contributed by atoms with van der Waals surface area (Å²) in [6.45, 7) is 6.02. The van der Waals surface area contributed by atoms with Gasteiger partial charge in [-0.3, -0.25) is 14.5 Å². The van der Waals surface area contributed by atoms with Gasteiger partial charge in [-0.15, -0.1) is 0 Å². The Balaban J connectivity index is 1.71. The van der Waals surface area contributed by atoms with E-state index in [0.29, 0.717) is 40.7 Å². The van der Waals surface area contributed by atoms with Crippen LogP contribution in [0.2, 0.25) is 0 Å². The SMILES string of the molecule is CCOc1ccc(C2=C(N3CCC(C)CC3)C(=O)N(Cc3ccccc3F)C2=O)cc1. The van der Waals surface area contributed by atoms with Crippen molar-refractivity contribution in [3.63, 3.8) is 0 Å². The lowest BCUT2D eigenvalue weighted by atomic mass is 9.97. The molecule has 0 unspecified atom stereocenters. The summed E-state index contributed by atoms with van der Waals surface area (Å²) < 4.78 is 19.8. The van der Waals surface area contributed by atoms with E-state index >= 15 is 0 Å². The summed E-state index contributed by atoms with van der Waals surface area (Å²) in [6.07, 6.45) is 1.93. The molecule has 31 heavy (non-hydrogen) atoms. The van der Waals surface area contributed by atoms with Gasteiger partial charge in [-0.05, 0) is 49.4 Å². The van der Waals surface area contributed by atoms with Crippen molar-refractivity contribution in [1.29, 1.82) is 0 Å². The summed E-state index contributed by atoms with van der Waals surface area (Å²) >= 11 is 0. The summed E-state index contributed by atoms with van der Waals surface area (Å²) in [4.78, 5) is 30.0. The highest BCUT2D eigenvalue weighted by molar-refractivity contribution is 6.35. The van der Waals surface area contributed by atoms with Gasteiger partial charge in [-0.2, -0.15) is 0 Å². The van der Waals surface area contributed by atoms with E-state index in [-0.39, 0.29) is 18.4 Å². The number of piperidine rings is 1. The zero-order chi connectivity index (χ0) is 22.0. The maximum absolute atomic E-state index is 14.2. The molecule has 0 aliphatic carbocycles. The number of rotatable bonds is 6. The van der Waals surface area contributed by atoms with E-state index < -0.39 is 5.82 Å². The number of imide groups is 1. The third kappa shape index (κ3) is 4.20.